The minimum Gasteiger partial charge on any atom is -0.481 e. The molecule has 1 aromatic carbocycles. The molecule has 0 aliphatic rings. The molecule has 0 radical (unpaired) electrons. The second kappa shape index (κ2) is 5.33. The van der Waals surface area contributed by atoms with Crippen molar-refractivity contribution in [1.29, 1.82) is 0 Å². The van der Waals surface area contributed by atoms with Crippen molar-refractivity contribution < 1.29 is 14.7 Å². The third-order valence-corrected chi connectivity index (χ3v) is 3.65. The summed E-state index contributed by atoms with van der Waals surface area (Å²) in [5.41, 5.74) is 0.545. The summed E-state index contributed by atoms with van der Waals surface area (Å²) in [4.78, 5) is 23.8. The van der Waals surface area contributed by atoms with Crippen molar-refractivity contribution in [1.82, 2.24) is 0 Å². The Labute approximate surface area is 113 Å². The van der Waals surface area contributed by atoms with Gasteiger partial charge in [-0.25, -0.2) is 0 Å². The summed E-state index contributed by atoms with van der Waals surface area (Å²) in [7, 11) is 0. The van der Waals surface area contributed by atoms with Gasteiger partial charge in [-0.1, -0.05) is 11.6 Å². The fourth-order valence-electron chi connectivity index (χ4n) is 1.49. The highest BCUT2D eigenvalue weighted by Crippen LogP contribution is 2.21. The smallest absolute Gasteiger partial charge is 0.308 e. The zero-order chi connectivity index (χ0) is 13.1. The Balaban J connectivity index is 2.21. The summed E-state index contributed by atoms with van der Waals surface area (Å²) in [5.74, 6) is -1.02. The molecule has 18 heavy (non-hydrogen) atoms. The van der Waals surface area contributed by atoms with Gasteiger partial charge in [0.15, 0.2) is 0 Å². The standard InChI is InChI=1S/C13H9ClO3S/c14-9-3-1-8(2-4-9)13(17)11-6-5-10(18-11)7-12(15)16/h1-6H,7H2,(H,15,16). The number of carbonyl (C=O) groups excluding carboxylic acids is 1. The molecule has 1 N–H and O–H groups in total. The Morgan fingerprint density at radius 3 is 2.39 bits per heavy atom. The lowest BCUT2D eigenvalue weighted by Crippen LogP contribution is -1.98. The van der Waals surface area contributed by atoms with Crippen LogP contribution in [0.3, 0.4) is 0 Å². The molecule has 1 aromatic heterocycles. The van der Waals surface area contributed by atoms with Gasteiger partial charge in [-0.05, 0) is 36.4 Å². The van der Waals surface area contributed by atoms with E-state index in [-0.39, 0.29) is 12.2 Å². The second-order valence-electron chi connectivity index (χ2n) is 3.67. The van der Waals surface area contributed by atoms with Crippen LogP contribution < -0.4 is 0 Å². The molecule has 0 saturated heterocycles. The average Bonchev–Trinajstić information content (AvgIpc) is 2.76. The molecule has 0 saturated carbocycles. The fourth-order valence-corrected chi connectivity index (χ4v) is 2.57. The summed E-state index contributed by atoms with van der Waals surface area (Å²) in [6.45, 7) is 0. The molecule has 0 bridgehead atoms. The second-order valence-corrected chi connectivity index (χ2v) is 5.28. The van der Waals surface area contributed by atoms with Crippen LogP contribution in [0.2, 0.25) is 5.02 Å². The van der Waals surface area contributed by atoms with Crippen molar-refractivity contribution in [2.24, 2.45) is 0 Å². The Kier molecular flexibility index (Phi) is 3.79. The molecule has 2 aromatic rings. The van der Waals surface area contributed by atoms with Crippen LogP contribution in [0.1, 0.15) is 20.1 Å². The Hall–Kier alpha value is -1.65. The van der Waals surface area contributed by atoms with Crippen molar-refractivity contribution in [2.45, 2.75) is 6.42 Å². The number of hydrogen-bond acceptors (Lipinski definition) is 3. The van der Waals surface area contributed by atoms with E-state index in [2.05, 4.69) is 0 Å². The monoisotopic (exact) mass is 280 g/mol. The van der Waals surface area contributed by atoms with Gasteiger partial charge in [-0.2, -0.15) is 0 Å². The molecular weight excluding hydrogens is 272 g/mol. The fraction of sp³-hybridized carbons (Fsp3) is 0.0769. The van der Waals surface area contributed by atoms with E-state index in [0.717, 1.165) is 0 Å². The summed E-state index contributed by atoms with van der Waals surface area (Å²) in [6.07, 6.45) is -0.0570. The van der Waals surface area contributed by atoms with Crippen LogP contribution in [0.15, 0.2) is 36.4 Å². The van der Waals surface area contributed by atoms with Crippen LogP contribution in [0.5, 0.6) is 0 Å². The molecular formula is C13H9ClO3S. The summed E-state index contributed by atoms with van der Waals surface area (Å²) < 4.78 is 0. The maximum atomic E-state index is 12.1. The number of rotatable bonds is 4. The van der Waals surface area contributed by atoms with Crippen LogP contribution in [-0.4, -0.2) is 16.9 Å². The van der Waals surface area contributed by atoms with Crippen LogP contribution in [0.4, 0.5) is 0 Å². The number of benzene rings is 1. The van der Waals surface area contributed by atoms with Crippen LogP contribution >= 0.6 is 22.9 Å². The van der Waals surface area contributed by atoms with Crippen molar-refractivity contribution in [2.75, 3.05) is 0 Å². The first-order chi connectivity index (χ1) is 8.56. The van der Waals surface area contributed by atoms with E-state index in [4.69, 9.17) is 16.7 Å². The van der Waals surface area contributed by atoms with Gasteiger partial charge in [0.1, 0.15) is 0 Å². The first kappa shape index (κ1) is 12.8. The molecule has 3 nitrogen and oxygen atoms in total. The quantitative estimate of drug-likeness (QED) is 0.875. The predicted molar refractivity (Wildman–Crippen MR) is 70.5 cm³/mol. The minimum atomic E-state index is -0.901. The highest BCUT2D eigenvalue weighted by atomic mass is 35.5. The van der Waals surface area contributed by atoms with E-state index in [1.165, 1.54) is 11.3 Å². The molecule has 2 rings (SSSR count). The average molecular weight is 281 g/mol. The maximum absolute atomic E-state index is 12.1. The van der Waals surface area contributed by atoms with Crippen molar-refractivity contribution in [3.63, 3.8) is 0 Å². The Morgan fingerprint density at radius 1 is 1.11 bits per heavy atom. The molecule has 1 heterocycles. The summed E-state index contributed by atoms with van der Waals surface area (Å²) in [5, 5.41) is 9.24. The van der Waals surface area contributed by atoms with Gasteiger partial charge in [0.25, 0.3) is 0 Å². The zero-order valence-corrected chi connectivity index (χ0v) is 10.8. The molecule has 0 aliphatic carbocycles. The lowest BCUT2D eigenvalue weighted by Gasteiger charge is -1.97. The lowest BCUT2D eigenvalue weighted by molar-refractivity contribution is -0.136. The Bertz CT molecular complexity index is 587. The number of ketones is 1. The highest BCUT2D eigenvalue weighted by Gasteiger charge is 2.12. The first-order valence-corrected chi connectivity index (χ1v) is 6.36. The van der Waals surface area contributed by atoms with Gasteiger partial charge in [-0.15, -0.1) is 11.3 Å². The predicted octanol–water partition coefficient (Wildman–Crippen LogP) is 3.26. The molecule has 0 fully saturated rings. The number of thiophene rings is 1. The van der Waals surface area contributed by atoms with Gasteiger partial charge >= 0.3 is 5.97 Å². The van der Waals surface area contributed by atoms with Crippen molar-refractivity contribution >= 4 is 34.7 Å². The summed E-state index contributed by atoms with van der Waals surface area (Å²) >= 11 is 6.95. The molecule has 0 atom stereocenters. The van der Waals surface area contributed by atoms with Crippen LogP contribution in [0.25, 0.3) is 0 Å². The third kappa shape index (κ3) is 2.97. The molecule has 0 aliphatic heterocycles. The summed E-state index contributed by atoms with van der Waals surface area (Å²) in [6, 6.07) is 9.94. The van der Waals surface area contributed by atoms with Gasteiger partial charge in [0.2, 0.25) is 5.78 Å². The zero-order valence-electron chi connectivity index (χ0n) is 9.22. The number of carboxylic acid groups (broad SMARTS) is 1. The van der Waals surface area contributed by atoms with Gasteiger partial charge in [0.05, 0.1) is 11.3 Å². The SMILES string of the molecule is O=C(O)Cc1ccc(C(=O)c2ccc(Cl)cc2)s1. The maximum Gasteiger partial charge on any atom is 0.308 e. The third-order valence-electron chi connectivity index (χ3n) is 2.32. The largest absolute Gasteiger partial charge is 0.481 e. The Morgan fingerprint density at radius 2 is 1.78 bits per heavy atom. The van der Waals surface area contributed by atoms with E-state index in [1.54, 1.807) is 36.4 Å². The van der Waals surface area contributed by atoms with E-state index in [9.17, 15) is 9.59 Å². The van der Waals surface area contributed by atoms with E-state index in [1.807, 2.05) is 0 Å². The van der Waals surface area contributed by atoms with E-state index in [0.29, 0.717) is 20.3 Å². The number of carboxylic acids is 1. The number of aliphatic carboxylic acids is 1. The number of halogens is 1. The number of carbonyl (C=O) groups is 2. The van der Waals surface area contributed by atoms with Crippen LogP contribution in [0, 0.1) is 0 Å². The van der Waals surface area contributed by atoms with Gasteiger partial charge in [-0.3, -0.25) is 9.59 Å². The highest BCUT2D eigenvalue weighted by molar-refractivity contribution is 7.14. The van der Waals surface area contributed by atoms with Gasteiger partial charge < -0.3 is 5.11 Å². The molecule has 0 unspecified atom stereocenters. The molecule has 0 amide bonds. The van der Waals surface area contributed by atoms with E-state index < -0.39 is 5.97 Å². The van der Waals surface area contributed by atoms with Crippen molar-refractivity contribution in [3.8, 4) is 0 Å². The van der Waals surface area contributed by atoms with Crippen LogP contribution in [-0.2, 0) is 11.2 Å². The van der Waals surface area contributed by atoms with Gasteiger partial charge in [0, 0.05) is 15.5 Å². The first-order valence-electron chi connectivity index (χ1n) is 5.17. The lowest BCUT2D eigenvalue weighted by atomic mass is 10.1. The molecule has 0 spiro atoms. The molecule has 92 valence electrons. The number of hydrogen-bond donors (Lipinski definition) is 1. The normalized spacial score (nSPS) is 10.3. The topological polar surface area (TPSA) is 54.4 Å². The van der Waals surface area contributed by atoms with Crippen molar-refractivity contribution in [3.05, 3.63) is 56.7 Å². The molecule has 5 heteroatoms. The minimum absolute atomic E-state index is 0.0570. The van der Waals surface area contributed by atoms with E-state index >= 15 is 0 Å².